The van der Waals surface area contributed by atoms with Crippen molar-refractivity contribution in [2.24, 2.45) is 0 Å². The van der Waals surface area contributed by atoms with Crippen LogP contribution in [0.15, 0.2) is 24.3 Å². The summed E-state index contributed by atoms with van der Waals surface area (Å²) in [5, 5.41) is 9.25. The number of rotatable bonds is 3. The number of anilines is 1. The molecule has 0 bridgehead atoms. The SMILES string of the molecule is O=C1OC[C@@H](CO)N1c1ccc(C2=CCOCC2)c(F)c1. The molecule has 3 rings (SSSR count). The number of nitrogens with zero attached hydrogens (tertiary/aromatic N) is 1. The third-order valence-corrected chi connectivity index (χ3v) is 3.71. The van der Waals surface area contributed by atoms with Crippen molar-refractivity contribution in [3.05, 3.63) is 35.7 Å². The van der Waals surface area contributed by atoms with Crippen LogP contribution in [0.1, 0.15) is 12.0 Å². The molecule has 6 heteroatoms. The van der Waals surface area contributed by atoms with Crippen LogP contribution in [0.25, 0.3) is 5.57 Å². The molecule has 0 saturated carbocycles. The molecular weight excluding hydrogens is 277 g/mol. The van der Waals surface area contributed by atoms with E-state index >= 15 is 0 Å². The Hall–Kier alpha value is -1.92. The highest BCUT2D eigenvalue weighted by Crippen LogP contribution is 2.29. The lowest BCUT2D eigenvalue weighted by molar-refractivity contribution is 0.161. The van der Waals surface area contributed by atoms with E-state index in [4.69, 9.17) is 9.47 Å². The maximum atomic E-state index is 14.3. The second kappa shape index (κ2) is 5.83. The third-order valence-electron chi connectivity index (χ3n) is 3.71. The van der Waals surface area contributed by atoms with E-state index < -0.39 is 18.0 Å². The largest absolute Gasteiger partial charge is 0.447 e. The molecule has 0 radical (unpaired) electrons. The van der Waals surface area contributed by atoms with Crippen LogP contribution in [0.5, 0.6) is 0 Å². The van der Waals surface area contributed by atoms with Gasteiger partial charge in [-0.05, 0) is 30.2 Å². The topological polar surface area (TPSA) is 59.0 Å². The van der Waals surface area contributed by atoms with Crippen molar-refractivity contribution in [2.75, 3.05) is 31.3 Å². The molecule has 1 N–H and O–H groups in total. The van der Waals surface area contributed by atoms with Crippen LogP contribution in [-0.2, 0) is 9.47 Å². The number of benzene rings is 1. The summed E-state index contributed by atoms with van der Waals surface area (Å²) in [6.07, 6.45) is 1.97. The average molecular weight is 293 g/mol. The van der Waals surface area contributed by atoms with Gasteiger partial charge in [-0.1, -0.05) is 6.08 Å². The standard InChI is InChI=1S/C15H16FNO4/c16-14-7-11(17-12(8-18)9-21-15(17)19)1-2-13(14)10-3-5-20-6-4-10/h1-3,7,12,18H,4-6,8-9H2/t12-/m1/s1. The average Bonchev–Trinajstić information content (AvgIpc) is 2.89. The van der Waals surface area contributed by atoms with E-state index in [0.29, 0.717) is 30.9 Å². The zero-order chi connectivity index (χ0) is 14.8. The van der Waals surface area contributed by atoms with E-state index in [-0.39, 0.29) is 13.2 Å². The fraction of sp³-hybridized carbons (Fsp3) is 0.400. The molecule has 5 nitrogen and oxygen atoms in total. The molecule has 1 fully saturated rings. The smallest absolute Gasteiger partial charge is 0.414 e. The van der Waals surface area contributed by atoms with Gasteiger partial charge in [-0.25, -0.2) is 9.18 Å². The summed E-state index contributed by atoms with van der Waals surface area (Å²) in [7, 11) is 0. The van der Waals surface area contributed by atoms with Crippen molar-refractivity contribution in [3.8, 4) is 0 Å². The minimum Gasteiger partial charge on any atom is -0.447 e. The number of ether oxygens (including phenoxy) is 2. The molecule has 1 atom stereocenters. The predicted octanol–water partition coefficient (Wildman–Crippen LogP) is 1.95. The Labute approximate surface area is 121 Å². The normalized spacial score (nSPS) is 22.2. The molecule has 112 valence electrons. The second-order valence-electron chi connectivity index (χ2n) is 5.00. The van der Waals surface area contributed by atoms with Gasteiger partial charge in [0, 0.05) is 5.56 Å². The van der Waals surface area contributed by atoms with Gasteiger partial charge in [-0.3, -0.25) is 4.90 Å². The van der Waals surface area contributed by atoms with Gasteiger partial charge >= 0.3 is 6.09 Å². The lowest BCUT2D eigenvalue weighted by atomic mass is 10.0. The van der Waals surface area contributed by atoms with Crippen LogP contribution in [0.2, 0.25) is 0 Å². The summed E-state index contributed by atoms with van der Waals surface area (Å²) in [5.41, 5.74) is 1.83. The summed E-state index contributed by atoms with van der Waals surface area (Å²) in [5.74, 6) is -0.392. The monoisotopic (exact) mass is 293 g/mol. The van der Waals surface area contributed by atoms with Crippen LogP contribution in [-0.4, -0.2) is 43.7 Å². The van der Waals surface area contributed by atoms with Crippen molar-refractivity contribution in [2.45, 2.75) is 12.5 Å². The summed E-state index contributed by atoms with van der Waals surface area (Å²) < 4.78 is 24.4. The maximum Gasteiger partial charge on any atom is 0.414 e. The number of aliphatic hydroxyl groups is 1. The molecule has 2 aliphatic rings. The van der Waals surface area contributed by atoms with Crippen LogP contribution < -0.4 is 4.90 Å². The first-order chi connectivity index (χ1) is 10.2. The fourth-order valence-electron chi connectivity index (χ4n) is 2.60. The molecule has 1 amide bonds. The summed E-state index contributed by atoms with van der Waals surface area (Å²) in [4.78, 5) is 13.0. The molecule has 0 unspecified atom stereocenters. The van der Waals surface area contributed by atoms with Gasteiger partial charge in [-0.15, -0.1) is 0 Å². The van der Waals surface area contributed by atoms with Gasteiger partial charge in [-0.2, -0.15) is 0 Å². The molecule has 21 heavy (non-hydrogen) atoms. The number of halogens is 1. The van der Waals surface area contributed by atoms with E-state index in [1.165, 1.54) is 11.0 Å². The first kappa shape index (κ1) is 14.0. The summed E-state index contributed by atoms with van der Waals surface area (Å²) in [6.45, 7) is 0.957. The van der Waals surface area contributed by atoms with Crippen LogP contribution in [0, 0.1) is 5.82 Å². The van der Waals surface area contributed by atoms with Crippen LogP contribution >= 0.6 is 0 Å². The lowest BCUT2D eigenvalue weighted by Gasteiger charge is -2.21. The number of carbonyl (C=O) groups is 1. The molecule has 0 spiro atoms. The molecule has 2 heterocycles. The molecule has 1 aromatic carbocycles. The Balaban J connectivity index is 1.90. The maximum absolute atomic E-state index is 14.3. The van der Waals surface area contributed by atoms with Crippen molar-refractivity contribution < 1.29 is 23.8 Å². The number of aliphatic hydroxyl groups excluding tert-OH is 1. The van der Waals surface area contributed by atoms with Gasteiger partial charge in [0.15, 0.2) is 0 Å². The first-order valence-corrected chi connectivity index (χ1v) is 6.84. The van der Waals surface area contributed by atoms with E-state index in [9.17, 15) is 14.3 Å². The predicted molar refractivity (Wildman–Crippen MR) is 74.5 cm³/mol. The van der Waals surface area contributed by atoms with Gasteiger partial charge < -0.3 is 14.6 Å². The van der Waals surface area contributed by atoms with E-state index in [1.54, 1.807) is 12.1 Å². The number of hydrogen-bond acceptors (Lipinski definition) is 4. The van der Waals surface area contributed by atoms with Gasteiger partial charge in [0.05, 0.1) is 31.5 Å². The van der Waals surface area contributed by atoms with E-state index in [1.807, 2.05) is 6.08 Å². The van der Waals surface area contributed by atoms with E-state index in [0.717, 1.165) is 5.57 Å². The van der Waals surface area contributed by atoms with Crippen molar-refractivity contribution in [3.63, 3.8) is 0 Å². The van der Waals surface area contributed by atoms with Crippen LogP contribution in [0.3, 0.4) is 0 Å². The number of hydrogen-bond donors (Lipinski definition) is 1. The van der Waals surface area contributed by atoms with Gasteiger partial charge in [0.1, 0.15) is 12.4 Å². The van der Waals surface area contributed by atoms with Crippen LogP contribution in [0.4, 0.5) is 14.9 Å². The highest BCUT2D eigenvalue weighted by Gasteiger charge is 2.34. The molecule has 1 saturated heterocycles. The second-order valence-corrected chi connectivity index (χ2v) is 5.00. The molecule has 0 aromatic heterocycles. The van der Waals surface area contributed by atoms with E-state index in [2.05, 4.69) is 0 Å². The lowest BCUT2D eigenvalue weighted by Crippen LogP contribution is -2.36. The summed E-state index contributed by atoms with van der Waals surface area (Å²) in [6, 6.07) is 4.16. The minimum atomic E-state index is -0.563. The highest BCUT2D eigenvalue weighted by molar-refractivity contribution is 5.90. The van der Waals surface area contributed by atoms with Crippen molar-refractivity contribution in [1.29, 1.82) is 0 Å². The molecule has 2 aliphatic heterocycles. The Morgan fingerprint density at radius 2 is 2.29 bits per heavy atom. The number of cyclic esters (lactones) is 1. The fourth-order valence-corrected chi connectivity index (χ4v) is 2.60. The van der Waals surface area contributed by atoms with Gasteiger partial charge in [0.2, 0.25) is 0 Å². The highest BCUT2D eigenvalue weighted by atomic mass is 19.1. The quantitative estimate of drug-likeness (QED) is 0.925. The molecule has 1 aromatic rings. The van der Waals surface area contributed by atoms with Gasteiger partial charge in [0.25, 0.3) is 0 Å². The third kappa shape index (κ3) is 2.64. The van der Waals surface area contributed by atoms with Crippen molar-refractivity contribution >= 4 is 17.4 Å². The first-order valence-electron chi connectivity index (χ1n) is 6.84. The zero-order valence-corrected chi connectivity index (χ0v) is 11.4. The Morgan fingerprint density at radius 1 is 1.43 bits per heavy atom. The Morgan fingerprint density at radius 3 is 2.95 bits per heavy atom. The summed E-state index contributed by atoms with van der Waals surface area (Å²) >= 11 is 0. The molecular formula is C15H16FNO4. The number of carbonyl (C=O) groups excluding carboxylic acids is 1. The Kier molecular flexibility index (Phi) is 3.90. The zero-order valence-electron chi connectivity index (χ0n) is 11.4. The Bertz CT molecular complexity index is 587. The minimum absolute atomic E-state index is 0.112. The molecule has 0 aliphatic carbocycles. The number of amides is 1. The van der Waals surface area contributed by atoms with Crippen molar-refractivity contribution in [1.82, 2.24) is 0 Å².